The van der Waals surface area contributed by atoms with Gasteiger partial charge in [0.25, 0.3) is 0 Å². The minimum absolute atomic E-state index is 0.604. The molecule has 0 spiro atoms. The van der Waals surface area contributed by atoms with E-state index in [0.717, 1.165) is 6.92 Å². The van der Waals surface area contributed by atoms with Gasteiger partial charge in [0.1, 0.15) is 122 Å². The molecule has 30 atom stereocenters. The van der Waals surface area contributed by atoms with Crippen LogP contribution in [-0.2, 0) is 61.7 Å². The molecule has 75 heavy (non-hydrogen) atoms. The molecule has 2 amide bonds. The minimum atomic E-state index is -3.39. The minimum Gasteiger partial charge on any atom is -0.394 e. The van der Waals surface area contributed by atoms with E-state index in [0.29, 0.717) is 0 Å². The Balaban J connectivity index is 1.41. The highest BCUT2D eigenvalue weighted by Crippen LogP contribution is 2.42. The van der Waals surface area contributed by atoms with E-state index >= 15 is 0 Å². The maximum atomic E-state index is 13.2. The van der Waals surface area contributed by atoms with E-state index in [-0.39, 0.29) is 0 Å². The van der Waals surface area contributed by atoms with Gasteiger partial charge in [0.2, 0.25) is 17.6 Å². The molecular formula is C44H76N2O29. The number of hydrogen-bond acceptors (Lipinski definition) is 29. The van der Waals surface area contributed by atoms with Crippen LogP contribution >= 0.6 is 0 Å². The highest BCUT2D eigenvalue weighted by atomic mass is 16.8. The van der Waals surface area contributed by atoms with Crippen LogP contribution in [0, 0.1) is 5.41 Å². The highest BCUT2D eigenvalue weighted by molar-refractivity contribution is 5.73. The molecule has 0 aliphatic carbocycles. The van der Waals surface area contributed by atoms with Gasteiger partial charge in [-0.2, -0.15) is 0 Å². The zero-order valence-corrected chi connectivity index (χ0v) is 42.0. The zero-order valence-electron chi connectivity index (χ0n) is 42.0. The Hall–Kier alpha value is -2.14. The van der Waals surface area contributed by atoms with Gasteiger partial charge in [0.05, 0.1) is 50.8 Å². The standard InChI is InChI=1S/C44H76N2O29/c1-12-22(53)27(58)30(61)39(65-12)73-35-29(60)24(55)16(8-47)69-42(35)75-44(64)19(11-50)70-38(21(46-15(4)52)37(44)74-40-31(62)28(59)23(54)13(2)66-40)72-34-26(57)18(10-49)68-41(32(34)63)71-33-20(45-14(3)51)36(43(5,6)7)67-17(9-48)25(33)56/h12-13,16-42,47-50,53-64H,8-11H2,1-7H3,(H,45,51)(H,46,52)/t12?,13?,16?,17?,18?,19?,20?,21?,22?,23-,24+,25+,26+,27+,28-,29?,30?,31?,32?,33-,34+,35+,36-,37-,38+,39?,40+,41+,42?,44-/m1/s1. The topological polar surface area (TPSA) is 483 Å². The monoisotopic (exact) mass is 1100 g/mol. The van der Waals surface area contributed by atoms with Crippen molar-refractivity contribution in [1.29, 1.82) is 0 Å². The SMILES string of the molecule is CC(=O)NC1[C@@H](O[C@@H]2OC(CO)[C@H](O)[C@H](O[C@@H]3OC(CO)[C@@](O)(OC4OC(CO)[C@H](O)C(O)[C@@H]4OC4OC(C)C(O)[C@H](O)C4O)[C@H](O[C@@H]4OC(C)[C@@H](O)[C@@H](O)C4O)C3NC(C)=O)C2O)[C@@H](O)C(CO)O[C@H]1C(C)(C)C. The maximum Gasteiger partial charge on any atom is 0.226 e. The number of aliphatic hydroxyl groups is 16. The van der Waals surface area contributed by atoms with Crippen molar-refractivity contribution in [2.75, 3.05) is 26.4 Å². The Labute approximate surface area is 429 Å². The van der Waals surface area contributed by atoms with Crippen molar-refractivity contribution in [2.24, 2.45) is 5.41 Å². The first-order valence-electron chi connectivity index (χ1n) is 24.5. The first kappa shape index (κ1) is 62.1. The molecule has 0 saturated carbocycles. The molecule has 6 aliphatic heterocycles. The normalized spacial score (nSPS) is 50.0. The summed E-state index contributed by atoms with van der Waals surface area (Å²) >= 11 is 0. The van der Waals surface area contributed by atoms with Crippen LogP contribution in [0.4, 0.5) is 0 Å². The molecule has 6 aliphatic rings. The fourth-order valence-corrected chi connectivity index (χ4v) is 9.99. The maximum absolute atomic E-state index is 13.2. The predicted octanol–water partition coefficient (Wildman–Crippen LogP) is -10.3. The van der Waals surface area contributed by atoms with Gasteiger partial charge in [0, 0.05) is 13.8 Å². The second-order valence-electron chi connectivity index (χ2n) is 20.8. The second kappa shape index (κ2) is 25.1. The van der Waals surface area contributed by atoms with Crippen LogP contribution in [0.3, 0.4) is 0 Å². The highest BCUT2D eigenvalue weighted by Gasteiger charge is 2.65. The third-order valence-electron chi connectivity index (χ3n) is 14.2. The molecule has 6 fully saturated rings. The van der Waals surface area contributed by atoms with Crippen molar-refractivity contribution in [3.63, 3.8) is 0 Å². The molecule has 0 bridgehead atoms. The second-order valence-corrected chi connectivity index (χ2v) is 20.8. The van der Waals surface area contributed by atoms with Crippen LogP contribution in [0.5, 0.6) is 0 Å². The van der Waals surface area contributed by atoms with Crippen molar-refractivity contribution in [3.8, 4) is 0 Å². The van der Waals surface area contributed by atoms with E-state index in [1.807, 2.05) is 0 Å². The summed E-state index contributed by atoms with van der Waals surface area (Å²) in [5, 5.41) is 182. The summed E-state index contributed by atoms with van der Waals surface area (Å²) < 4.78 is 65.1. The molecule has 0 aromatic carbocycles. The zero-order chi connectivity index (χ0) is 55.9. The third kappa shape index (κ3) is 12.9. The smallest absolute Gasteiger partial charge is 0.226 e. The number of amides is 2. The summed E-state index contributed by atoms with van der Waals surface area (Å²) in [4.78, 5) is 25.8. The van der Waals surface area contributed by atoms with Crippen LogP contribution in [-0.4, -0.2) is 304 Å². The predicted molar refractivity (Wildman–Crippen MR) is 238 cm³/mol. The van der Waals surface area contributed by atoms with Crippen molar-refractivity contribution in [1.82, 2.24) is 10.6 Å². The number of carbonyl (C=O) groups excluding carboxylic acids is 2. The lowest BCUT2D eigenvalue weighted by Crippen LogP contribution is -2.76. The van der Waals surface area contributed by atoms with E-state index in [2.05, 4.69) is 10.6 Å². The van der Waals surface area contributed by atoms with Crippen LogP contribution < -0.4 is 10.6 Å². The van der Waals surface area contributed by atoms with Gasteiger partial charge >= 0.3 is 0 Å². The average Bonchev–Trinajstić information content (AvgIpc) is 3.34. The van der Waals surface area contributed by atoms with E-state index < -0.39 is 227 Å². The van der Waals surface area contributed by atoms with E-state index in [1.165, 1.54) is 20.8 Å². The number of aliphatic hydroxyl groups excluding tert-OH is 15. The molecule has 31 nitrogen and oxygen atoms in total. The van der Waals surface area contributed by atoms with Gasteiger partial charge in [-0.3, -0.25) is 9.59 Å². The molecule has 436 valence electrons. The van der Waals surface area contributed by atoms with Gasteiger partial charge < -0.3 is 144 Å². The first-order chi connectivity index (χ1) is 35.0. The summed E-state index contributed by atoms with van der Waals surface area (Å²) in [5.74, 6) is -4.98. The van der Waals surface area contributed by atoms with Crippen molar-refractivity contribution < 1.29 is 143 Å². The third-order valence-corrected chi connectivity index (χ3v) is 14.2. The number of carbonyl (C=O) groups is 2. The summed E-state index contributed by atoms with van der Waals surface area (Å²) in [7, 11) is 0. The van der Waals surface area contributed by atoms with Gasteiger partial charge in [-0.15, -0.1) is 0 Å². The van der Waals surface area contributed by atoms with E-state index in [4.69, 9.17) is 52.1 Å². The Bertz CT molecular complexity index is 1860. The number of ether oxygens (including phenoxy) is 11. The Morgan fingerprint density at radius 3 is 1.41 bits per heavy atom. The fraction of sp³-hybridized carbons (Fsp3) is 0.955. The van der Waals surface area contributed by atoms with Crippen LogP contribution in [0.2, 0.25) is 0 Å². The van der Waals surface area contributed by atoms with Gasteiger partial charge in [-0.05, 0) is 19.3 Å². The molecule has 0 aromatic rings. The lowest BCUT2D eigenvalue weighted by molar-refractivity contribution is -0.459. The summed E-state index contributed by atoms with van der Waals surface area (Å²) in [6.45, 7) is 5.71. The summed E-state index contributed by atoms with van der Waals surface area (Å²) in [6.07, 6.45) is -51.2. The molecule has 0 radical (unpaired) electrons. The lowest BCUT2D eigenvalue weighted by Gasteiger charge is -2.55. The Morgan fingerprint density at radius 2 is 0.907 bits per heavy atom. The fourth-order valence-electron chi connectivity index (χ4n) is 9.99. The summed E-state index contributed by atoms with van der Waals surface area (Å²) in [6, 6.07) is -3.31. The van der Waals surface area contributed by atoms with Crippen LogP contribution in [0.25, 0.3) is 0 Å². The molecule has 6 saturated heterocycles. The van der Waals surface area contributed by atoms with E-state index in [9.17, 15) is 91.3 Å². The number of hydrogen-bond donors (Lipinski definition) is 18. The van der Waals surface area contributed by atoms with Crippen molar-refractivity contribution in [2.45, 2.75) is 232 Å². The molecule has 15 unspecified atom stereocenters. The van der Waals surface area contributed by atoms with Crippen molar-refractivity contribution in [3.05, 3.63) is 0 Å². The molecule has 6 heterocycles. The van der Waals surface area contributed by atoms with Crippen molar-refractivity contribution >= 4 is 11.8 Å². The Kier molecular flexibility index (Phi) is 20.8. The number of nitrogens with one attached hydrogen (secondary N) is 2. The van der Waals surface area contributed by atoms with Crippen LogP contribution in [0.15, 0.2) is 0 Å². The van der Waals surface area contributed by atoms with Gasteiger partial charge in [0.15, 0.2) is 31.5 Å². The molecule has 0 aromatic heterocycles. The largest absolute Gasteiger partial charge is 0.394 e. The molecular weight excluding hydrogens is 1020 g/mol. The summed E-state index contributed by atoms with van der Waals surface area (Å²) in [5.41, 5.74) is -0.805. The Morgan fingerprint density at radius 1 is 0.467 bits per heavy atom. The van der Waals surface area contributed by atoms with Crippen LogP contribution in [0.1, 0.15) is 48.5 Å². The first-order valence-corrected chi connectivity index (χ1v) is 24.5. The number of rotatable bonds is 16. The molecule has 6 rings (SSSR count). The quantitative estimate of drug-likeness (QED) is 0.0638. The van der Waals surface area contributed by atoms with E-state index in [1.54, 1.807) is 20.8 Å². The van der Waals surface area contributed by atoms with Gasteiger partial charge in [-0.1, -0.05) is 20.8 Å². The molecule has 18 N–H and O–H groups in total. The average molecular weight is 1100 g/mol. The lowest BCUT2D eigenvalue weighted by atomic mass is 9.78. The van der Waals surface area contributed by atoms with Gasteiger partial charge in [-0.25, -0.2) is 0 Å². The molecule has 31 heteroatoms.